The van der Waals surface area contributed by atoms with E-state index < -0.39 is 23.4 Å². The molecule has 0 aromatic heterocycles. The summed E-state index contributed by atoms with van der Waals surface area (Å²) >= 11 is 0. The Morgan fingerprint density at radius 3 is 2.38 bits per heavy atom. The van der Waals surface area contributed by atoms with Crippen LogP contribution >= 0.6 is 0 Å². The Labute approximate surface area is 120 Å². The van der Waals surface area contributed by atoms with Crippen LogP contribution in [0.15, 0.2) is 42.5 Å². The highest BCUT2D eigenvalue weighted by Gasteiger charge is 2.21. The first-order valence-corrected chi connectivity index (χ1v) is 6.30. The van der Waals surface area contributed by atoms with Crippen molar-refractivity contribution in [2.45, 2.75) is 6.92 Å². The number of Topliss-reactive ketones (excluding diaryl/α,β-unsaturated/α-hetero) is 1. The van der Waals surface area contributed by atoms with Gasteiger partial charge in [0.2, 0.25) is 0 Å². The van der Waals surface area contributed by atoms with E-state index in [1.54, 1.807) is 37.3 Å². The maximum Gasteiger partial charge on any atom is 0.379 e. The number of esters is 1. The number of carbonyl (C=O) groups excluding carboxylic acids is 2. The number of hydrogen-bond acceptors (Lipinski definition) is 3. The van der Waals surface area contributed by atoms with Crippen molar-refractivity contribution in [2.75, 3.05) is 6.61 Å². The van der Waals surface area contributed by atoms with Gasteiger partial charge in [-0.15, -0.1) is 0 Å². The van der Waals surface area contributed by atoms with E-state index in [2.05, 4.69) is 4.74 Å². The molecule has 0 radical (unpaired) electrons. The second-order valence-electron chi connectivity index (χ2n) is 4.24. The van der Waals surface area contributed by atoms with Crippen molar-refractivity contribution in [1.29, 1.82) is 0 Å². The second kappa shape index (κ2) is 6.26. The van der Waals surface area contributed by atoms with E-state index in [9.17, 15) is 18.4 Å². The van der Waals surface area contributed by atoms with Crippen LogP contribution in [0.5, 0.6) is 0 Å². The molecule has 0 N–H and O–H groups in total. The molecule has 0 heterocycles. The molecule has 3 nitrogen and oxygen atoms in total. The van der Waals surface area contributed by atoms with Gasteiger partial charge in [0.05, 0.1) is 6.61 Å². The predicted octanol–water partition coefficient (Wildman–Crippen LogP) is 3.38. The lowest BCUT2D eigenvalue weighted by molar-refractivity contribution is -0.137. The average Bonchev–Trinajstić information content (AvgIpc) is 2.50. The summed E-state index contributed by atoms with van der Waals surface area (Å²) in [5.41, 5.74) is 0.0851. The third-order valence-electron chi connectivity index (χ3n) is 2.84. The molecule has 0 saturated carbocycles. The number of hydrogen-bond donors (Lipinski definition) is 0. The van der Waals surface area contributed by atoms with Gasteiger partial charge in [-0.1, -0.05) is 30.3 Å². The van der Waals surface area contributed by atoms with Gasteiger partial charge in [-0.25, -0.2) is 13.6 Å². The lowest BCUT2D eigenvalue weighted by Crippen LogP contribution is -2.18. The maximum absolute atomic E-state index is 13.9. The minimum Gasteiger partial charge on any atom is -0.460 e. The molecule has 0 spiro atoms. The average molecular weight is 290 g/mol. The van der Waals surface area contributed by atoms with Gasteiger partial charge in [0, 0.05) is 11.1 Å². The number of rotatable bonds is 4. The van der Waals surface area contributed by atoms with Crippen LogP contribution in [0.4, 0.5) is 8.78 Å². The Morgan fingerprint density at radius 1 is 1.10 bits per heavy atom. The smallest absolute Gasteiger partial charge is 0.379 e. The standard InChI is InChI=1S/C16H12F2O3/c1-2-21-16(20)15(19)11-8-12(14(18)13(17)9-11)10-6-4-3-5-7-10/h3-9H,2H2,1H3. The number of carbonyl (C=O) groups is 2. The first kappa shape index (κ1) is 14.8. The first-order valence-electron chi connectivity index (χ1n) is 6.30. The number of ether oxygens (including phenoxy) is 1. The molecule has 0 amide bonds. The molecule has 0 unspecified atom stereocenters. The number of ketones is 1. The largest absolute Gasteiger partial charge is 0.460 e. The summed E-state index contributed by atoms with van der Waals surface area (Å²) in [6.45, 7) is 1.58. The zero-order chi connectivity index (χ0) is 15.4. The van der Waals surface area contributed by atoms with Crippen molar-refractivity contribution in [2.24, 2.45) is 0 Å². The molecule has 108 valence electrons. The summed E-state index contributed by atoms with van der Waals surface area (Å²) in [6, 6.07) is 10.0. The molecular weight excluding hydrogens is 278 g/mol. The molecule has 0 fully saturated rings. The Balaban J connectivity index is 2.49. The fourth-order valence-corrected chi connectivity index (χ4v) is 1.86. The van der Waals surface area contributed by atoms with Crippen molar-refractivity contribution < 1.29 is 23.1 Å². The summed E-state index contributed by atoms with van der Waals surface area (Å²) in [4.78, 5) is 23.2. The molecule has 5 heteroatoms. The van der Waals surface area contributed by atoms with E-state index in [1.807, 2.05) is 0 Å². The number of halogens is 2. The molecule has 2 aromatic carbocycles. The zero-order valence-corrected chi connectivity index (χ0v) is 11.2. The highest BCUT2D eigenvalue weighted by atomic mass is 19.2. The maximum atomic E-state index is 13.9. The summed E-state index contributed by atoms with van der Waals surface area (Å²) < 4.78 is 32.1. The molecule has 0 aliphatic heterocycles. The number of benzene rings is 2. The fourth-order valence-electron chi connectivity index (χ4n) is 1.86. The van der Waals surface area contributed by atoms with Crippen LogP contribution in [0.25, 0.3) is 11.1 Å². The minimum atomic E-state index is -1.19. The Morgan fingerprint density at radius 2 is 1.76 bits per heavy atom. The summed E-state index contributed by atoms with van der Waals surface area (Å²) in [6.07, 6.45) is 0. The van der Waals surface area contributed by atoms with Gasteiger partial charge in [-0.2, -0.15) is 0 Å². The van der Waals surface area contributed by atoms with Gasteiger partial charge in [0.25, 0.3) is 5.78 Å². The van der Waals surface area contributed by atoms with Crippen molar-refractivity contribution in [1.82, 2.24) is 0 Å². The van der Waals surface area contributed by atoms with Gasteiger partial charge in [0.15, 0.2) is 11.6 Å². The normalized spacial score (nSPS) is 10.2. The molecule has 2 aromatic rings. The topological polar surface area (TPSA) is 43.4 Å². The molecule has 0 aliphatic carbocycles. The van der Waals surface area contributed by atoms with Crippen LogP contribution in [0, 0.1) is 11.6 Å². The molecule has 0 bridgehead atoms. The van der Waals surface area contributed by atoms with Crippen LogP contribution in [0.1, 0.15) is 17.3 Å². The first-order chi connectivity index (χ1) is 10.0. The van der Waals surface area contributed by atoms with E-state index in [1.165, 1.54) is 0 Å². The zero-order valence-electron chi connectivity index (χ0n) is 11.2. The van der Waals surface area contributed by atoms with Crippen molar-refractivity contribution in [3.05, 3.63) is 59.7 Å². The van der Waals surface area contributed by atoms with Gasteiger partial charge < -0.3 is 4.74 Å². The lowest BCUT2D eigenvalue weighted by atomic mass is 10.00. The Hall–Kier alpha value is -2.56. The van der Waals surface area contributed by atoms with E-state index in [4.69, 9.17) is 0 Å². The van der Waals surface area contributed by atoms with E-state index in [-0.39, 0.29) is 17.7 Å². The highest BCUT2D eigenvalue weighted by Crippen LogP contribution is 2.26. The SMILES string of the molecule is CCOC(=O)C(=O)c1cc(F)c(F)c(-c2ccccc2)c1. The van der Waals surface area contributed by atoms with Crippen molar-refractivity contribution in [3.8, 4) is 11.1 Å². The van der Waals surface area contributed by atoms with Crippen LogP contribution in [-0.4, -0.2) is 18.4 Å². The van der Waals surface area contributed by atoms with Crippen LogP contribution in [0.3, 0.4) is 0 Å². The summed E-state index contributed by atoms with van der Waals surface area (Å²) in [7, 11) is 0. The fraction of sp³-hybridized carbons (Fsp3) is 0.125. The third kappa shape index (κ3) is 3.13. The van der Waals surface area contributed by atoms with E-state index in [0.717, 1.165) is 6.07 Å². The van der Waals surface area contributed by atoms with Crippen LogP contribution in [0.2, 0.25) is 0 Å². The van der Waals surface area contributed by atoms with Gasteiger partial charge in [-0.3, -0.25) is 4.79 Å². The van der Waals surface area contributed by atoms with Gasteiger partial charge in [0.1, 0.15) is 0 Å². The molecule has 21 heavy (non-hydrogen) atoms. The van der Waals surface area contributed by atoms with E-state index in [0.29, 0.717) is 11.6 Å². The van der Waals surface area contributed by atoms with Gasteiger partial charge >= 0.3 is 5.97 Å². The second-order valence-corrected chi connectivity index (χ2v) is 4.24. The molecule has 0 atom stereocenters. The highest BCUT2D eigenvalue weighted by molar-refractivity contribution is 6.40. The minimum absolute atomic E-state index is 0.0276. The Bertz CT molecular complexity index is 681. The lowest BCUT2D eigenvalue weighted by Gasteiger charge is -2.07. The van der Waals surface area contributed by atoms with Crippen molar-refractivity contribution >= 4 is 11.8 Å². The molecule has 2 rings (SSSR count). The summed E-state index contributed by atoms with van der Waals surface area (Å²) in [5, 5.41) is 0. The monoisotopic (exact) mass is 290 g/mol. The van der Waals surface area contributed by atoms with Crippen molar-refractivity contribution in [3.63, 3.8) is 0 Å². The molecule has 0 aliphatic rings. The van der Waals surface area contributed by atoms with Crippen LogP contribution < -0.4 is 0 Å². The third-order valence-corrected chi connectivity index (χ3v) is 2.84. The van der Waals surface area contributed by atoms with Crippen LogP contribution in [-0.2, 0) is 9.53 Å². The Kier molecular flexibility index (Phi) is 4.42. The predicted molar refractivity (Wildman–Crippen MR) is 72.8 cm³/mol. The summed E-state index contributed by atoms with van der Waals surface area (Å²) in [5.74, 6) is -4.36. The quantitative estimate of drug-likeness (QED) is 0.492. The molecular formula is C16H12F2O3. The van der Waals surface area contributed by atoms with Gasteiger partial charge in [-0.05, 0) is 24.6 Å². The van der Waals surface area contributed by atoms with E-state index >= 15 is 0 Å². The molecule has 0 saturated heterocycles.